The Balaban J connectivity index is 2.05. The number of rotatable bonds is 3. The Labute approximate surface area is 127 Å². The maximum Gasteiger partial charge on any atom is 0.265 e. The molecular formula is C11H9BrN4O2S2. The first-order valence-corrected chi connectivity index (χ1v) is 8.56. The molecule has 0 saturated heterocycles. The summed E-state index contributed by atoms with van der Waals surface area (Å²) in [5, 5.41) is 0.893. The van der Waals surface area contributed by atoms with Crippen LogP contribution in [0.25, 0.3) is 10.9 Å². The molecule has 9 heteroatoms. The van der Waals surface area contributed by atoms with Crippen LogP contribution in [0.1, 0.15) is 0 Å². The molecule has 2 heterocycles. The van der Waals surface area contributed by atoms with Gasteiger partial charge in [-0.3, -0.25) is 4.72 Å². The van der Waals surface area contributed by atoms with Crippen LogP contribution >= 0.6 is 27.3 Å². The van der Waals surface area contributed by atoms with Crippen molar-refractivity contribution in [3.05, 3.63) is 34.4 Å². The van der Waals surface area contributed by atoms with Crippen LogP contribution in [0.5, 0.6) is 0 Å². The lowest BCUT2D eigenvalue weighted by Crippen LogP contribution is -2.12. The van der Waals surface area contributed by atoms with Gasteiger partial charge in [0.05, 0.1) is 9.98 Å². The normalized spacial score (nSPS) is 11.8. The smallest absolute Gasteiger partial charge is 0.265 e. The van der Waals surface area contributed by atoms with Crippen LogP contribution in [0.2, 0.25) is 0 Å². The number of nitrogens with zero attached hydrogens (tertiary/aromatic N) is 1. The molecule has 2 aromatic heterocycles. The van der Waals surface area contributed by atoms with Gasteiger partial charge < -0.3 is 10.7 Å². The number of fused-ring (bicyclic) bond motifs is 1. The predicted molar refractivity (Wildman–Crippen MR) is 83.3 cm³/mol. The summed E-state index contributed by atoms with van der Waals surface area (Å²) < 4.78 is 27.9. The van der Waals surface area contributed by atoms with Gasteiger partial charge in [0.15, 0.2) is 5.13 Å². The zero-order valence-corrected chi connectivity index (χ0v) is 13.1. The molecule has 0 atom stereocenters. The second-order valence-electron chi connectivity index (χ2n) is 4.03. The Morgan fingerprint density at radius 3 is 2.90 bits per heavy atom. The van der Waals surface area contributed by atoms with E-state index >= 15 is 0 Å². The summed E-state index contributed by atoms with van der Waals surface area (Å²) >= 11 is 4.44. The van der Waals surface area contributed by atoms with E-state index in [-0.39, 0.29) is 4.90 Å². The van der Waals surface area contributed by atoms with Gasteiger partial charge in [-0.15, -0.1) is 0 Å². The molecule has 0 bridgehead atoms. The minimum absolute atomic E-state index is 0.166. The average molecular weight is 373 g/mol. The SMILES string of the molecule is Nc1ccc2c(S(=O)(=O)Nc3ncc(Br)s3)c[nH]c2c1. The van der Waals surface area contributed by atoms with Crippen molar-refractivity contribution in [2.24, 2.45) is 0 Å². The highest BCUT2D eigenvalue weighted by atomic mass is 79.9. The van der Waals surface area contributed by atoms with Gasteiger partial charge in [-0.1, -0.05) is 11.3 Å². The van der Waals surface area contributed by atoms with E-state index < -0.39 is 10.0 Å². The zero-order chi connectivity index (χ0) is 14.3. The molecule has 0 spiro atoms. The minimum Gasteiger partial charge on any atom is -0.399 e. The van der Waals surface area contributed by atoms with Crippen LogP contribution in [-0.2, 0) is 10.0 Å². The van der Waals surface area contributed by atoms with E-state index in [0.29, 0.717) is 21.7 Å². The molecule has 20 heavy (non-hydrogen) atoms. The van der Waals surface area contributed by atoms with Crippen molar-refractivity contribution in [2.75, 3.05) is 10.5 Å². The van der Waals surface area contributed by atoms with Crippen LogP contribution in [0.4, 0.5) is 10.8 Å². The molecule has 3 rings (SSSR count). The summed E-state index contributed by atoms with van der Waals surface area (Å²) in [4.78, 5) is 7.02. The number of nitrogens with two attached hydrogens (primary N) is 1. The van der Waals surface area contributed by atoms with Gasteiger partial charge in [-0.25, -0.2) is 13.4 Å². The van der Waals surface area contributed by atoms with E-state index in [9.17, 15) is 8.42 Å². The molecule has 4 N–H and O–H groups in total. The number of benzene rings is 1. The van der Waals surface area contributed by atoms with Crippen molar-refractivity contribution in [2.45, 2.75) is 4.90 Å². The van der Waals surface area contributed by atoms with Crippen molar-refractivity contribution in [1.82, 2.24) is 9.97 Å². The first-order valence-electron chi connectivity index (χ1n) is 5.46. The lowest BCUT2D eigenvalue weighted by molar-refractivity contribution is 0.602. The number of anilines is 2. The van der Waals surface area contributed by atoms with Crippen molar-refractivity contribution in [1.29, 1.82) is 0 Å². The topological polar surface area (TPSA) is 101 Å². The maximum absolute atomic E-state index is 12.4. The lowest BCUT2D eigenvalue weighted by atomic mass is 10.2. The Morgan fingerprint density at radius 2 is 2.20 bits per heavy atom. The summed E-state index contributed by atoms with van der Waals surface area (Å²) in [6.07, 6.45) is 2.98. The first-order chi connectivity index (χ1) is 9.45. The van der Waals surface area contributed by atoms with E-state index in [1.54, 1.807) is 24.4 Å². The van der Waals surface area contributed by atoms with Gasteiger partial charge in [0.25, 0.3) is 10.0 Å². The highest BCUT2D eigenvalue weighted by Gasteiger charge is 2.20. The Bertz CT molecular complexity index is 885. The summed E-state index contributed by atoms with van der Waals surface area (Å²) in [5.74, 6) is 0. The number of H-pyrrole nitrogens is 1. The number of nitrogen functional groups attached to an aromatic ring is 1. The van der Waals surface area contributed by atoms with Crippen LogP contribution in [0.3, 0.4) is 0 Å². The van der Waals surface area contributed by atoms with Crippen LogP contribution in [0.15, 0.2) is 39.3 Å². The number of aromatic amines is 1. The third kappa shape index (κ3) is 2.39. The van der Waals surface area contributed by atoms with E-state index in [4.69, 9.17) is 5.73 Å². The third-order valence-electron chi connectivity index (χ3n) is 2.66. The van der Waals surface area contributed by atoms with Gasteiger partial charge >= 0.3 is 0 Å². The molecule has 0 saturated carbocycles. The number of hydrogen-bond acceptors (Lipinski definition) is 5. The monoisotopic (exact) mass is 372 g/mol. The second kappa shape index (κ2) is 4.76. The Morgan fingerprint density at radius 1 is 1.40 bits per heavy atom. The van der Waals surface area contributed by atoms with Crippen LogP contribution < -0.4 is 10.5 Å². The first kappa shape index (κ1) is 13.4. The number of halogens is 1. The highest BCUT2D eigenvalue weighted by molar-refractivity contribution is 9.11. The molecule has 6 nitrogen and oxygen atoms in total. The predicted octanol–water partition coefficient (Wildman–Crippen LogP) is 2.77. The summed E-state index contributed by atoms with van der Waals surface area (Å²) in [7, 11) is -3.69. The number of hydrogen-bond donors (Lipinski definition) is 3. The largest absolute Gasteiger partial charge is 0.399 e. The zero-order valence-electron chi connectivity index (χ0n) is 9.92. The second-order valence-corrected chi connectivity index (χ2v) is 8.09. The average Bonchev–Trinajstić information content (AvgIpc) is 2.94. The third-order valence-corrected chi connectivity index (χ3v) is 5.56. The molecule has 0 aliphatic carbocycles. The number of nitrogens with one attached hydrogen (secondary N) is 2. The molecule has 0 amide bonds. The van der Waals surface area contributed by atoms with Crippen molar-refractivity contribution < 1.29 is 8.42 Å². The van der Waals surface area contributed by atoms with Crippen molar-refractivity contribution >= 4 is 59.0 Å². The molecule has 0 aliphatic heterocycles. The molecule has 1 aromatic carbocycles. The number of sulfonamides is 1. The fraction of sp³-hybridized carbons (Fsp3) is 0. The van der Waals surface area contributed by atoms with E-state index in [2.05, 4.69) is 30.6 Å². The minimum atomic E-state index is -3.69. The standard InChI is InChI=1S/C11H9BrN4O2S2/c12-10-5-15-11(19-10)16-20(17,18)9-4-14-8-3-6(13)1-2-7(8)9/h1-5,14H,13H2,(H,15,16). The van der Waals surface area contributed by atoms with E-state index in [1.165, 1.54) is 17.5 Å². The van der Waals surface area contributed by atoms with Gasteiger partial charge in [0.1, 0.15) is 4.90 Å². The molecular weight excluding hydrogens is 364 g/mol. The maximum atomic E-state index is 12.4. The van der Waals surface area contributed by atoms with Crippen molar-refractivity contribution in [3.8, 4) is 0 Å². The van der Waals surface area contributed by atoms with Gasteiger partial charge in [-0.2, -0.15) is 0 Å². The number of thiazole rings is 1. The Hall–Kier alpha value is -1.58. The van der Waals surface area contributed by atoms with E-state index in [1.807, 2.05) is 0 Å². The van der Waals surface area contributed by atoms with Crippen molar-refractivity contribution in [3.63, 3.8) is 0 Å². The van der Waals surface area contributed by atoms with E-state index in [0.717, 1.165) is 3.79 Å². The van der Waals surface area contributed by atoms with Gasteiger partial charge in [0, 0.05) is 22.8 Å². The molecule has 0 unspecified atom stereocenters. The molecule has 0 aliphatic rings. The Kier molecular flexibility index (Phi) is 3.19. The molecule has 104 valence electrons. The summed E-state index contributed by atoms with van der Waals surface area (Å²) in [6, 6.07) is 5.02. The molecule has 0 fully saturated rings. The fourth-order valence-corrected chi connectivity index (χ4v) is 4.34. The van der Waals surface area contributed by atoms with Crippen LogP contribution in [0, 0.1) is 0 Å². The summed E-state index contributed by atoms with van der Waals surface area (Å²) in [5.41, 5.74) is 6.91. The quantitative estimate of drug-likeness (QED) is 0.615. The highest BCUT2D eigenvalue weighted by Crippen LogP contribution is 2.29. The van der Waals surface area contributed by atoms with Gasteiger partial charge in [-0.05, 0) is 34.1 Å². The molecule has 0 radical (unpaired) electrons. The fourth-order valence-electron chi connectivity index (χ4n) is 1.81. The van der Waals surface area contributed by atoms with Gasteiger partial charge in [0.2, 0.25) is 0 Å². The number of aromatic nitrogens is 2. The molecule has 3 aromatic rings. The summed E-state index contributed by atoms with van der Waals surface area (Å²) in [6.45, 7) is 0. The lowest BCUT2D eigenvalue weighted by Gasteiger charge is -2.03. The van der Waals surface area contributed by atoms with Crippen LogP contribution in [-0.4, -0.2) is 18.4 Å².